The van der Waals surface area contributed by atoms with E-state index in [0.29, 0.717) is 34.7 Å². The molecule has 9 nitrogen and oxygen atoms in total. The third kappa shape index (κ3) is 3.54. The molecule has 1 unspecified atom stereocenters. The van der Waals surface area contributed by atoms with Gasteiger partial charge in [0, 0.05) is 0 Å². The zero-order chi connectivity index (χ0) is 19.7. The first-order valence-corrected chi connectivity index (χ1v) is 11.3. The van der Waals surface area contributed by atoms with Gasteiger partial charge in [0.15, 0.2) is 20.6 Å². The average molecular weight is 419 g/mol. The van der Waals surface area contributed by atoms with E-state index in [1.165, 1.54) is 10.8 Å². The van der Waals surface area contributed by atoms with Crippen LogP contribution in [-0.2, 0) is 14.6 Å². The van der Waals surface area contributed by atoms with Crippen LogP contribution < -0.4 is 10.9 Å². The summed E-state index contributed by atoms with van der Waals surface area (Å²) in [6.45, 7) is 0. The number of H-pyrrole nitrogens is 1. The summed E-state index contributed by atoms with van der Waals surface area (Å²) in [5.74, 6) is -0.388. The number of sulfone groups is 1. The summed E-state index contributed by atoms with van der Waals surface area (Å²) in [6, 6.07) is 8.97. The molecule has 1 aliphatic heterocycles. The molecule has 28 heavy (non-hydrogen) atoms. The maximum Gasteiger partial charge on any atom is 0.269 e. The average Bonchev–Trinajstić information content (AvgIpc) is 3.27. The highest BCUT2D eigenvalue weighted by Gasteiger charge is 2.32. The zero-order valence-corrected chi connectivity index (χ0v) is 16.3. The van der Waals surface area contributed by atoms with Gasteiger partial charge < -0.3 is 5.32 Å². The molecule has 1 atom stereocenters. The molecule has 11 heteroatoms. The predicted octanol–water partition coefficient (Wildman–Crippen LogP) is 0.852. The molecule has 1 fully saturated rings. The molecule has 0 spiro atoms. The number of rotatable bonds is 5. The highest BCUT2D eigenvalue weighted by atomic mass is 32.2. The van der Waals surface area contributed by atoms with Crippen molar-refractivity contribution in [1.82, 2.24) is 25.1 Å². The van der Waals surface area contributed by atoms with E-state index in [9.17, 15) is 18.0 Å². The Morgan fingerprint density at radius 1 is 1.32 bits per heavy atom. The molecule has 3 aromatic rings. The van der Waals surface area contributed by atoms with Gasteiger partial charge in [-0.1, -0.05) is 30.0 Å². The highest BCUT2D eigenvalue weighted by Crippen LogP contribution is 2.21. The Morgan fingerprint density at radius 2 is 2.11 bits per heavy atom. The van der Waals surface area contributed by atoms with E-state index in [2.05, 4.69) is 20.5 Å². The number of nitrogens with zero attached hydrogens (tertiary/aromatic N) is 3. The number of thioether (sulfide) groups is 1. The Balaban J connectivity index is 1.61. The first-order chi connectivity index (χ1) is 13.5. The maximum atomic E-state index is 12.9. The van der Waals surface area contributed by atoms with Gasteiger partial charge in [-0.2, -0.15) is 5.10 Å². The van der Waals surface area contributed by atoms with Crippen LogP contribution in [0.1, 0.15) is 12.8 Å². The molecule has 1 saturated heterocycles. The zero-order valence-electron chi connectivity index (χ0n) is 14.7. The standard InChI is InChI=1S/C17H17N5O4S2/c23-13(19-14-7-4-8-28(14,25)26)10-27-17-20-15-12(9-18-21-15)16(24)22(17)11-5-2-1-3-6-11/h1-3,5-6,9,14H,4,7-8,10H2,(H,18,21)(H,19,23). The molecule has 146 valence electrons. The van der Waals surface area contributed by atoms with Crippen LogP contribution in [0.15, 0.2) is 46.5 Å². The molecular formula is C17H17N5O4S2. The van der Waals surface area contributed by atoms with Crippen molar-refractivity contribution >= 4 is 38.5 Å². The van der Waals surface area contributed by atoms with Crippen LogP contribution >= 0.6 is 11.8 Å². The van der Waals surface area contributed by atoms with Gasteiger partial charge in [-0.3, -0.25) is 19.3 Å². The fraction of sp³-hybridized carbons (Fsp3) is 0.294. The number of aromatic nitrogens is 4. The quantitative estimate of drug-likeness (QED) is 0.464. The van der Waals surface area contributed by atoms with Crippen molar-refractivity contribution in [1.29, 1.82) is 0 Å². The van der Waals surface area contributed by atoms with Crippen molar-refractivity contribution in [2.45, 2.75) is 23.4 Å². The predicted molar refractivity (Wildman–Crippen MR) is 105 cm³/mol. The van der Waals surface area contributed by atoms with Crippen LogP contribution in [0, 0.1) is 0 Å². The number of benzene rings is 1. The van der Waals surface area contributed by atoms with Gasteiger partial charge >= 0.3 is 0 Å². The van der Waals surface area contributed by atoms with Gasteiger partial charge in [0.1, 0.15) is 10.8 Å². The van der Waals surface area contributed by atoms with E-state index in [1.54, 1.807) is 24.3 Å². The van der Waals surface area contributed by atoms with Gasteiger partial charge in [0.25, 0.3) is 5.56 Å². The van der Waals surface area contributed by atoms with Crippen molar-refractivity contribution in [2.75, 3.05) is 11.5 Å². The molecule has 1 aliphatic rings. The van der Waals surface area contributed by atoms with Gasteiger partial charge in [-0.15, -0.1) is 0 Å². The number of aromatic amines is 1. The normalized spacial score (nSPS) is 18.4. The number of amides is 1. The third-order valence-corrected chi connectivity index (χ3v) is 7.47. The van der Waals surface area contributed by atoms with Crippen molar-refractivity contribution in [3.8, 4) is 5.69 Å². The minimum Gasteiger partial charge on any atom is -0.339 e. The Labute approximate surface area is 164 Å². The lowest BCUT2D eigenvalue weighted by Crippen LogP contribution is -2.39. The van der Waals surface area contributed by atoms with Crippen molar-refractivity contribution in [3.05, 3.63) is 46.9 Å². The highest BCUT2D eigenvalue weighted by molar-refractivity contribution is 7.99. The monoisotopic (exact) mass is 419 g/mol. The van der Waals surface area contributed by atoms with E-state index >= 15 is 0 Å². The second-order valence-corrected chi connectivity index (χ2v) is 9.60. The Bertz CT molecular complexity index is 1190. The first kappa shape index (κ1) is 18.7. The molecule has 0 saturated carbocycles. The lowest BCUT2D eigenvalue weighted by molar-refractivity contribution is -0.118. The van der Waals surface area contributed by atoms with Crippen molar-refractivity contribution in [3.63, 3.8) is 0 Å². The third-order valence-electron chi connectivity index (χ3n) is 4.45. The molecule has 1 amide bonds. The summed E-state index contributed by atoms with van der Waals surface area (Å²) in [6.07, 6.45) is 2.38. The molecule has 3 heterocycles. The number of para-hydroxylation sites is 1. The van der Waals surface area contributed by atoms with Crippen LogP contribution in [-0.4, -0.2) is 51.0 Å². The number of fused-ring (bicyclic) bond motifs is 1. The van der Waals surface area contributed by atoms with E-state index in [0.717, 1.165) is 11.8 Å². The molecule has 0 bridgehead atoms. The number of carbonyl (C=O) groups is 1. The fourth-order valence-electron chi connectivity index (χ4n) is 3.08. The summed E-state index contributed by atoms with van der Waals surface area (Å²) in [4.78, 5) is 29.6. The van der Waals surface area contributed by atoms with Crippen molar-refractivity contribution in [2.24, 2.45) is 0 Å². The Kier molecular flexibility index (Phi) is 4.94. The summed E-state index contributed by atoms with van der Waals surface area (Å²) < 4.78 is 25.2. The van der Waals surface area contributed by atoms with Crippen LogP contribution in [0.25, 0.3) is 16.7 Å². The second-order valence-electron chi connectivity index (χ2n) is 6.36. The summed E-state index contributed by atoms with van der Waals surface area (Å²) in [7, 11) is -3.27. The van der Waals surface area contributed by atoms with Crippen LogP contribution in [0.3, 0.4) is 0 Å². The lowest BCUT2D eigenvalue weighted by atomic mass is 10.3. The molecular weight excluding hydrogens is 402 g/mol. The molecule has 2 aromatic heterocycles. The Morgan fingerprint density at radius 3 is 2.82 bits per heavy atom. The second kappa shape index (κ2) is 7.40. The topological polar surface area (TPSA) is 127 Å². The lowest BCUT2D eigenvalue weighted by Gasteiger charge is -2.13. The smallest absolute Gasteiger partial charge is 0.269 e. The van der Waals surface area contributed by atoms with Gasteiger partial charge in [-0.05, 0) is 25.0 Å². The summed E-state index contributed by atoms with van der Waals surface area (Å²) in [5.41, 5.74) is 0.647. The number of carbonyl (C=O) groups excluding carboxylic acids is 1. The molecule has 0 radical (unpaired) electrons. The van der Waals surface area contributed by atoms with Gasteiger partial charge in [0.05, 0.1) is 23.4 Å². The van der Waals surface area contributed by atoms with E-state index < -0.39 is 21.1 Å². The largest absolute Gasteiger partial charge is 0.339 e. The number of hydrogen-bond donors (Lipinski definition) is 2. The number of hydrogen-bond acceptors (Lipinski definition) is 7. The van der Waals surface area contributed by atoms with E-state index in [1.807, 2.05) is 6.07 Å². The fourth-order valence-corrected chi connectivity index (χ4v) is 5.59. The first-order valence-electron chi connectivity index (χ1n) is 8.61. The van der Waals surface area contributed by atoms with Crippen molar-refractivity contribution < 1.29 is 13.2 Å². The van der Waals surface area contributed by atoms with Crippen LogP contribution in [0.4, 0.5) is 0 Å². The van der Waals surface area contributed by atoms with Gasteiger partial charge in [-0.25, -0.2) is 13.4 Å². The molecule has 2 N–H and O–H groups in total. The molecule has 4 rings (SSSR count). The van der Waals surface area contributed by atoms with Crippen LogP contribution in [0.2, 0.25) is 0 Å². The molecule has 1 aromatic carbocycles. The SMILES string of the molecule is O=C(CSc1nc2[nH]ncc2c(=O)n1-c1ccccc1)NC1CCCS1(=O)=O. The van der Waals surface area contributed by atoms with Gasteiger partial charge in [0.2, 0.25) is 5.91 Å². The van der Waals surface area contributed by atoms with Crippen LogP contribution in [0.5, 0.6) is 0 Å². The summed E-state index contributed by atoms with van der Waals surface area (Å²) in [5, 5.41) is 8.92. The minimum absolute atomic E-state index is 0.0645. The summed E-state index contributed by atoms with van der Waals surface area (Å²) >= 11 is 1.06. The molecule has 0 aliphatic carbocycles. The van der Waals surface area contributed by atoms with E-state index in [4.69, 9.17) is 0 Å². The Hall–Kier alpha value is -2.66. The van der Waals surface area contributed by atoms with E-state index in [-0.39, 0.29) is 17.1 Å². The minimum atomic E-state index is -3.27. The maximum absolute atomic E-state index is 12.9. The number of nitrogens with one attached hydrogen (secondary N) is 2.